The molecule has 2 rings (SSSR count). The van der Waals surface area contributed by atoms with Crippen LogP contribution in [0.1, 0.15) is 30.0 Å². The van der Waals surface area contributed by atoms with E-state index in [-0.39, 0.29) is 28.9 Å². The number of sulfonamides is 1. The molecule has 2 aromatic rings. The number of likely N-dealkylation sites (N-methyl/N-ethyl adjacent to an activating group) is 1. The van der Waals surface area contributed by atoms with Gasteiger partial charge in [0.2, 0.25) is 15.9 Å². The van der Waals surface area contributed by atoms with Crippen molar-refractivity contribution in [3.05, 3.63) is 46.3 Å². The molecule has 25 heavy (non-hydrogen) atoms. The molecule has 7 nitrogen and oxygen atoms in total. The molecule has 0 saturated carbocycles. The van der Waals surface area contributed by atoms with Crippen LogP contribution < -0.4 is 5.32 Å². The van der Waals surface area contributed by atoms with Gasteiger partial charge < -0.3 is 9.84 Å². The van der Waals surface area contributed by atoms with Gasteiger partial charge in [-0.2, -0.15) is 4.31 Å². The number of aromatic nitrogens is 1. The molecule has 1 aromatic carbocycles. The van der Waals surface area contributed by atoms with E-state index in [0.717, 1.165) is 9.87 Å². The van der Waals surface area contributed by atoms with E-state index >= 15 is 0 Å². The summed E-state index contributed by atoms with van der Waals surface area (Å²) in [5.74, 6) is -0.234. The number of halogens is 1. The Morgan fingerprint density at radius 1 is 1.40 bits per heavy atom. The fourth-order valence-electron chi connectivity index (χ4n) is 2.43. The summed E-state index contributed by atoms with van der Waals surface area (Å²) in [7, 11) is -2.53. The molecule has 136 valence electrons. The molecule has 0 aliphatic heterocycles. The predicted octanol–water partition coefficient (Wildman–Crippen LogP) is 2.44. The Hall–Kier alpha value is -1.90. The van der Waals surface area contributed by atoms with Crippen molar-refractivity contribution in [1.82, 2.24) is 14.8 Å². The van der Waals surface area contributed by atoms with Crippen molar-refractivity contribution in [2.45, 2.75) is 31.7 Å². The number of carbonyl (C=O) groups is 1. The minimum Gasteiger partial charge on any atom is -0.360 e. The number of rotatable bonds is 6. The van der Waals surface area contributed by atoms with Crippen LogP contribution in [0.25, 0.3) is 0 Å². The van der Waals surface area contributed by atoms with Gasteiger partial charge in [-0.05, 0) is 38.5 Å². The summed E-state index contributed by atoms with van der Waals surface area (Å²) in [4.78, 5) is 12.2. The topological polar surface area (TPSA) is 92.5 Å². The Kier molecular flexibility index (Phi) is 5.87. The molecule has 0 radical (unpaired) electrons. The van der Waals surface area contributed by atoms with Gasteiger partial charge in [0.25, 0.3) is 0 Å². The first kappa shape index (κ1) is 19.4. The molecule has 0 aliphatic carbocycles. The first-order valence-electron chi connectivity index (χ1n) is 7.57. The highest BCUT2D eigenvalue weighted by Crippen LogP contribution is 2.22. The monoisotopic (exact) mass is 385 g/mol. The van der Waals surface area contributed by atoms with Crippen LogP contribution in [0.15, 0.2) is 33.7 Å². The predicted molar refractivity (Wildman–Crippen MR) is 93.8 cm³/mol. The number of nitrogens with zero attached hydrogens (tertiary/aromatic N) is 2. The number of hydrogen-bond acceptors (Lipinski definition) is 5. The lowest BCUT2D eigenvalue weighted by atomic mass is 10.1. The minimum absolute atomic E-state index is 0.00862. The van der Waals surface area contributed by atoms with Crippen LogP contribution >= 0.6 is 11.6 Å². The van der Waals surface area contributed by atoms with Gasteiger partial charge in [0.05, 0.1) is 12.6 Å². The Morgan fingerprint density at radius 2 is 2.08 bits per heavy atom. The van der Waals surface area contributed by atoms with Gasteiger partial charge in [0.1, 0.15) is 10.6 Å². The average Bonchev–Trinajstić information content (AvgIpc) is 2.86. The largest absolute Gasteiger partial charge is 0.360 e. The van der Waals surface area contributed by atoms with Crippen molar-refractivity contribution in [2.75, 3.05) is 13.6 Å². The summed E-state index contributed by atoms with van der Waals surface area (Å²) in [5.41, 5.74) is 1.09. The maximum Gasteiger partial charge on any atom is 0.248 e. The van der Waals surface area contributed by atoms with Crippen LogP contribution in [0, 0.1) is 13.8 Å². The molecule has 1 N–H and O–H groups in total. The molecule has 9 heteroatoms. The van der Waals surface area contributed by atoms with Gasteiger partial charge in [0, 0.05) is 12.1 Å². The Morgan fingerprint density at radius 3 is 2.64 bits per heavy atom. The molecule has 0 spiro atoms. The van der Waals surface area contributed by atoms with Crippen LogP contribution in [0.3, 0.4) is 0 Å². The minimum atomic E-state index is -3.86. The zero-order valence-corrected chi connectivity index (χ0v) is 16.0. The number of hydrogen-bond donors (Lipinski definition) is 1. The van der Waals surface area contributed by atoms with Crippen molar-refractivity contribution >= 4 is 27.5 Å². The third kappa shape index (κ3) is 4.39. The van der Waals surface area contributed by atoms with Crippen LogP contribution in [0.5, 0.6) is 0 Å². The highest BCUT2D eigenvalue weighted by atomic mass is 35.5. The van der Waals surface area contributed by atoms with Crippen LogP contribution in [0.4, 0.5) is 0 Å². The van der Waals surface area contributed by atoms with E-state index in [4.69, 9.17) is 16.1 Å². The van der Waals surface area contributed by atoms with E-state index in [1.165, 1.54) is 14.0 Å². The molecular formula is C16H20ClN3O4S. The smallest absolute Gasteiger partial charge is 0.248 e. The second kappa shape index (κ2) is 7.55. The van der Waals surface area contributed by atoms with E-state index in [9.17, 15) is 13.2 Å². The Balaban J connectivity index is 2.07. The summed E-state index contributed by atoms with van der Waals surface area (Å²) in [5, 5.41) is 6.97. The molecule has 0 saturated heterocycles. The third-order valence-electron chi connectivity index (χ3n) is 3.73. The summed E-state index contributed by atoms with van der Waals surface area (Å²) < 4.78 is 31.1. The van der Waals surface area contributed by atoms with Gasteiger partial charge in [-0.25, -0.2) is 8.42 Å². The van der Waals surface area contributed by atoms with Crippen molar-refractivity contribution in [3.63, 3.8) is 0 Å². The van der Waals surface area contributed by atoms with Gasteiger partial charge in [-0.1, -0.05) is 28.9 Å². The molecule has 1 heterocycles. The zero-order valence-electron chi connectivity index (χ0n) is 14.4. The van der Waals surface area contributed by atoms with Crippen LogP contribution in [-0.4, -0.2) is 37.4 Å². The normalized spacial score (nSPS) is 13.0. The lowest BCUT2D eigenvalue weighted by Gasteiger charge is -2.19. The summed E-state index contributed by atoms with van der Waals surface area (Å²) >= 11 is 5.94. The molecule has 0 aliphatic rings. The molecule has 1 amide bonds. The van der Waals surface area contributed by atoms with E-state index in [0.29, 0.717) is 5.02 Å². The van der Waals surface area contributed by atoms with Crippen LogP contribution in [0.2, 0.25) is 5.02 Å². The Labute approximate surface area is 152 Å². The summed E-state index contributed by atoms with van der Waals surface area (Å²) in [6.45, 7) is 4.53. The van der Waals surface area contributed by atoms with Crippen LogP contribution in [-0.2, 0) is 14.8 Å². The lowest BCUT2D eigenvalue weighted by molar-refractivity contribution is -0.121. The van der Waals surface area contributed by atoms with Crippen molar-refractivity contribution in [1.29, 1.82) is 0 Å². The van der Waals surface area contributed by atoms with E-state index < -0.39 is 15.9 Å². The second-order valence-corrected chi connectivity index (χ2v) is 8.18. The SMILES string of the molecule is Cc1noc(C)c1S(=O)(=O)N(C)CC(=O)NC(C)c1cccc(Cl)c1. The maximum atomic E-state index is 12.6. The number of nitrogens with one attached hydrogen (secondary N) is 1. The maximum absolute atomic E-state index is 12.6. The third-order valence-corrected chi connectivity index (χ3v) is 6.01. The average molecular weight is 386 g/mol. The van der Waals surface area contributed by atoms with Crippen molar-refractivity contribution in [2.24, 2.45) is 0 Å². The molecule has 0 bridgehead atoms. The van der Waals surface area contributed by atoms with Crippen molar-refractivity contribution < 1.29 is 17.7 Å². The van der Waals surface area contributed by atoms with Gasteiger partial charge in [-0.3, -0.25) is 4.79 Å². The molecule has 1 unspecified atom stereocenters. The first-order valence-corrected chi connectivity index (χ1v) is 9.38. The summed E-state index contributed by atoms with van der Waals surface area (Å²) in [6, 6.07) is 6.80. The highest BCUT2D eigenvalue weighted by molar-refractivity contribution is 7.89. The quantitative estimate of drug-likeness (QED) is 0.824. The highest BCUT2D eigenvalue weighted by Gasteiger charge is 2.30. The molecular weight excluding hydrogens is 366 g/mol. The second-order valence-electron chi connectivity index (χ2n) is 5.76. The van der Waals surface area contributed by atoms with E-state index in [2.05, 4.69) is 10.5 Å². The summed E-state index contributed by atoms with van der Waals surface area (Å²) in [6.07, 6.45) is 0. The van der Waals surface area contributed by atoms with Gasteiger partial charge in [0.15, 0.2) is 5.76 Å². The van der Waals surface area contributed by atoms with Crippen molar-refractivity contribution in [3.8, 4) is 0 Å². The standard InChI is InChI=1S/C16H20ClN3O4S/c1-10(13-6-5-7-14(17)8-13)18-15(21)9-20(4)25(22,23)16-11(2)19-24-12(16)3/h5-8,10H,9H2,1-4H3,(H,18,21). The Bertz CT molecular complexity index is 860. The lowest BCUT2D eigenvalue weighted by Crippen LogP contribution is -2.39. The molecule has 0 fully saturated rings. The fourth-order valence-corrected chi connectivity index (χ4v) is 4.04. The fraction of sp³-hybridized carbons (Fsp3) is 0.375. The number of carbonyl (C=O) groups excluding carboxylic acids is 1. The van der Waals surface area contributed by atoms with E-state index in [1.54, 1.807) is 32.0 Å². The van der Waals surface area contributed by atoms with Gasteiger partial charge >= 0.3 is 0 Å². The first-order chi connectivity index (χ1) is 11.6. The number of aryl methyl sites for hydroxylation is 2. The van der Waals surface area contributed by atoms with Gasteiger partial charge in [-0.15, -0.1) is 0 Å². The van der Waals surface area contributed by atoms with E-state index in [1.807, 2.05) is 6.07 Å². The number of amides is 1. The number of benzene rings is 1. The molecule has 1 aromatic heterocycles. The molecule has 1 atom stereocenters. The zero-order chi connectivity index (χ0) is 18.8.